The molecule has 2 aromatic carbocycles. The van der Waals surface area contributed by atoms with Gasteiger partial charge >= 0.3 is 12.3 Å². The van der Waals surface area contributed by atoms with E-state index in [9.17, 15) is 22.8 Å². The van der Waals surface area contributed by atoms with Crippen molar-refractivity contribution in [2.24, 2.45) is 0 Å². The van der Waals surface area contributed by atoms with Crippen LogP contribution in [0.1, 0.15) is 59.8 Å². The van der Waals surface area contributed by atoms with Gasteiger partial charge in [0, 0.05) is 18.2 Å². The van der Waals surface area contributed by atoms with E-state index >= 15 is 0 Å². The number of alkyl halides is 3. The number of ether oxygens (including phenoxy) is 1. The molecule has 2 N–H and O–H groups in total. The van der Waals surface area contributed by atoms with Crippen molar-refractivity contribution in [2.45, 2.75) is 64.4 Å². The minimum absolute atomic E-state index is 0.0308. The third kappa shape index (κ3) is 6.48. The second-order valence-electron chi connectivity index (χ2n) is 8.95. The summed E-state index contributed by atoms with van der Waals surface area (Å²) in [5.74, 6) is -0.290. The fourth-order valence-electron chi connectivity index (χ4n) is 3.59. The molecule has 0 saturated heterocycles. The van der Waals surface area contributed by atoms with Gasteiger partial charge in [0.05, 0.1) is 5.56 Å². The van der Waals surface area contributed by atoms with Crippen LogP contribution in [-0.4, -0.2) is 23.6 Å². The van der Waals surface area contributed by atoms with Gasteiger partial charge < -0.3 is 15.4 Å². The molecule has 0 fully saturated rings. The smallest absolute Gasteiger partial charge is 0.416 e. The van der Waals surface area contributed by atoms with Gasteiger partial charge in [-0.2, -0.15) is 13.2 Å². The van der Waals surface area contributed by atoms with Crippen molar-refractivity contribution in [1.29, 1.82) is 0 Å². The van der Waals surface area contributed by atoms with Crippen LogP contribution >= 0.6 is 0 Å². The first-order valence-electron chi connectivity index (χ1n) is 10.5. The highest BCUT2D eigenvalue weighted by atomic mass is 19.4. The van der Waals surface area contributed by atoms with Gasteiger partial charge in [-0.3, -0.25) is 4.79 Å². The van der Waals surface area contributed by atoms with E-state index in [4.69, 9.17) is 4.74 Å². The summed E-state index contributed by atoms with van der Waals surface area (Å²) >= 11 is 0. The molecule has 2 amide bonds. The molecule has 1 aliphatic rings. The monoisotopic (exact) mass is 448 g/mol. The Morgan fingerprint density at radius 2 is 1.72 bits per heavy atom. The summed E-state index contributed by atoms with van der Waals surface area (Å²) in [5.41, 5.74) is 1.92. The molecular formula is C24H27F3N2O3. The van der Waals surface area contributed by atoms with Crippen LogP contribution < -0.4 is 10.6 Å². The van der Waals surface area contributed by atoms with E-state index in [0.29, 0.717) is 17.5 Å². The Hall–Kier alpha value is -3.03. The molecule has 0 aliphatic heterocycles. The van der Waals surface area contributed by atoms with Gasteiger partial charge in [0.15, 0.2) is 0 Å². The molecule has 1 aliphatic carbocycles. The summed E-state index contributed by atoms with van der Waals surface area (Å²) in [6.07, 6.45) is -2.71. The molecule has 32 heavy (non-hydrogen) atoms. The van der Waals surface area contributed by atoms with Gasteiger partial charge in [-0.05, 0) is 81.0 Å². The molecule has 0 radical (unpaired) electrons. The number of halogens is 3. The molecule has 1 atom stereocenters. The second kappa shape index (κ2) is 9.22. The number of amides is 2. The molecule has 0 bridgehead atoms. The Morgan fingerprint density at radius 1 is 1.03 bits per heavy atom. The van der Waals surface area contributed by atoms with Crippen LogP contribution in [0, 0.1) is 0 Å². The number of alkyl carbamates (subject to hydrolysis) is 1. The van der Waals surface area contributed by atoms with E-state index in [-0.39, 0.29) is 18.5 Å². The second-order valence-corrected chi connectivity index (χ2v) is 8.95. The van der Waals surface area contributed by atoms with Gasteiger partial charge in [0.1, 0.15) is 5.60 Å². The zero-order valence-electron chi connectivity index (χ0n) is 18.3. The van der Waals surface area contributed by atoms with Crippen LogP contribution in [0.5, 0.6) is 0 Å². The van der Waals surface area contributed by atoms with E-state index in [2.05, 4.69) is 10.6 Å². The van der Waals surface area contributed by atoms with E-state index in [0.717, 1.165) is 36.1 Å². The molecule has 0 heterocycles. The van der Waals surface area contributed by atoms with Crippen LogP contribution in [-0.2, 0) is 30.3 Å². The van der Waals surface area contributed by atoms with Crippen LogP contribution in [0.2, 0.25) is 0 Å². The lowest BCUT2D eigenvalue weighted by molar-refractivity contribution is -0.137. The Morgan fingerprint density at radius 3 is 2.34 bits per heavy atom. The highest BCUT2D eigenvalue weighted by Gasteiger charge is 2.30. The van der Waals surface area contributed by atoms with Crippen LogP contribution in [0.25, 0.3) is 0 Å². The summed E-state index contributed by atoms with van der Waals surface area (Å²) in [7, 11) is 0. The van der Waals surface area contributed by atoms with Crippen LogP contribution in [0.3, 0.4) is 0 Å². The predicted octanol–water partition coefficient (Wildman–Crippen LogP) is 5.02. The zero-order chi connectivity index (χ0) is 23.5. The first kappa shape index (κ1) is 23.6. The molecule has 2 aromatic rings. The standard InChI is InChI=1S/C24H27F3N2O3/c1-23(2,3)32-22(31)29-20-11-8-16-12-18(7-6-17(16)13-20)21(30)28-14-15-4-9-19(10-5-15)24(25,26)27/h4-7,9-10,12,20H,8,11,13-14H2,1-3H3,(H,28,30)(H,29,31). The highest BCUT2D eigenvalue weighted by Crippen LogP contribution is 2.29. The minimum atomic E-state index is -4.38. The van der Waals surface area contributed by atoms with Gasteiger partial charge in [0.2, 0.25) is 0 Å². The number of fused-ring (bicyclic) bond motifs is 1. The number of hydrogen-bond donors (Lipinski definition) is 2. The molecular weight excluding hydrogens is 421 g/mol. The van der Waals surface area contributed by atoms with Crippen molar-refractivity contribution in [1.82, 2.24) is 10.6 Å². The molecule has 8 heteroatoms. The van der Waals surface area contributed by atoms with E-state index in [1.807, 2.05) is 32.9 Å². The average Bonchev–Trinajstić information content (AvgIpc) is 2.69. The molecule has 172 valence electrons. The van der Waals surface area contributed by atoms with Crippen molar-refractivity contribution in [3.05, 3.63) is 70.3 Å². The number of benzene rings is 2. The normalized spacial score (nSPS) is 16.1. The Labute approximate surface area is 185 Å². The maximum atomic E-state index is 12.6. The van der Waals surface area contributed by atoms with Gasteiger partial charge in [-0.1, -0.05) is 18.2 Å². The summed E-state index contributed by atoms with van der Waals surface area (Å²) in [6.45, 7) is 5.57. The van der Waals surface area contributed by atoms with Gasteiger partial charge in [-0.25, -0.2) is 4.79 Å². The van der Waals surface area contributed by atoms with Crippen molar-refractivity contribution >= 4 is 12.0 Å². The summed E-state index contributed by atoms with van der Waals surface area (Å²) in [6, 6.07) is 10.1. The number of hydrogen-bond acceptors (Lipinski definition) is 3. The largest absolute Gasteiger partial charge is 0.444 e. The first-order valence-corrected chi connectivity index (χ1v) is 10.5. The van der Waals surface area contributed by atoms with Crippen molar-refractivity contribution in [2.75, 3.05) is 0 Å². The first-order chi connectivity index (χ1) is 14.9. The van der Waals surface area contributed by atoms with Gasteiger partial charge in [-0.15, -0.1) is 0 Å². The highest BCUT2D eigenvalue weighted by molar-refractivity contribution is 5.94. The number of rotatable bonds is 4. The summed E-state index contributed by atoms with van der Waals surface area (Å²) in [4.78, 5) is 24.5. The van der Waals surface area contributed by atoms with Crippen molar-refractivity contribution < 1.29 is 27.5 Å². The fourth-order valence-corrected chi connectivity index (χ4v) is 3.59. The van der Waals surface area contributed by atoms with E-state index in [1.165, 1.54) is 12.1 Å². The quantitative estimate of drug-likeness (QED) is 0.691. The van der Waals surface area contributed by atoms with Crippen molar-refractivity contribution in [3.8, 4) is 0 Å². The lowest BCUT2D eigenvalue weighted by Gasteiger charge is -2.27. The van der Waals surface area contributed by atoms with Crippen LogP contribution in [0.15, 0.2) is 42.5 Å². The Balaban J connectivity index is 1.56. The van der Waals surface area contributed by atoms with E-state index in [1.54, 1.807) is 6.07 Å². The van der Waals surface area contributed by atoms with Crippen LogP contribution in [0.4, 0.5) is 18.0 Å². The van der Waals surface area contributed by atoms with Gasteiger partial charge in [0.25, 0.3) is 5.91 Å². The number of carbonyl (C=O) groups is 2. The summed E-state index contributed by atoms with van der Waals surface area (Å²) < 4.78 is 43.3. The number of carbonyl (C=O) groups excluding carboxylic acids is 2. The van der Waals surface area contributed by atoms with Crippen molar-refractivity contribution in [3.63, 3.8) is 0 Å². The maximum absolute atomic E-state index is 12.6. The SMILES string of the molecule is CC(C)(C)OC(=O)NC1CCc2cc(C(=O)NCc3ccc(C(F)(F)F)cc3)ccc2C1. The van der Waals surface area contributed by atoms with E-state index < -0.39 is 23.4 Å². The minimum Gasteiger partial charge on any atom is -0.444 e. The Kier molecular flexibility index (Phi) is 6.81. The molecule has 3 rings (SSSR count). The maximum Gasteiger partial charge on any atom is 0.416 e. The average molecular weight is 448 g/mol. The zero-order valence-corrected chi connectivity index (χ0v) is 18.3. The molecule has 0 saturated carbocycles. The molecule has 1 unspecified atom stereocenters. The number of nitrogens with one attached hydrogen (secondary N) is 2. The third-order valence-electron chi connectivity index (χ3n) is 5.15. The summed E-state index contributed by atoms with van der Waals surface area (Å²) in [5, 5.41) is 5.64. The lowest BCUT2D eigenvalue weighted by Crippen LogP contribution is -2.41. The molecule has 0 aromatic heterocycles. The lowest BCUT2D eigenvalue weighted by atomic mass is 9.87. The topological polar surface area (TPSA) is 67.4 Å². The predicted molar refractivity (Wildman–Crippen MR) is 114 cm³/mol. The molecule has 0 spiro atoms. The fraction of sp³-hybridized carbons (Fsp3) is 0.417. The molecule has 5 nitrogen and oxygen atoms in total. The Bertz CT molecular complexity index is 979. The number of aryl methyl sites for hydroxylation is 1. The third-order valence-corrected chi connectivity index (χ3v) is 5.15.